The summed E-state index contributed by atoms with van der Waals surface area (Å²) in [6.45, 7) is 2.65. The van der Waals surface area contributed by atoms with Gasteiger partial charge in [-0.2, -0.15) is 0 Å². The Balaban J connectivity index is 2.09. The molecule has 0 bridgehead atoms. The zero-order valence-electron chi connectivity index (χ0n) is 8.09. The predicted octanol–water partition coefficient (Wildman–Crippen LogP) is 2.69. The summed E-state index contributed by atoms with van der Waals surface area (Å²) in [5.74, 6) is 0.472. The van der Waals surface area contributed by atoms with Crippen molar-refractivity contribution in [2.45, 2.75) is 18.6 Å². The van der Waals surface area contributed by atoms with Gasteiger partial charge in [0.1, 0.15) is 0 Å². The fourth-order valence-corrected chi connectivity index (χ4v) is 2.97. The summed E-state index contributed by atoms with van der Waals surface area (Å²) in [5, 5.41) is 4.15. The summed E-state index contributed by atoms with van der Waals surface area (Å²) in [6, 6.07) is 4.15. The monoisotopic (exact) mass is 287 g/mol. The molecular formula is C11H11BrClNO. The van der Waals surface area contributed by atoms with Gasteiger partial charge in [0.25, 0.3) is 0 Å². The first-order valence-corrected chi connectivity index (χ1v) is 6.23. The van der Waals surface area contributed by atoms with E-state index in [2.05, 4.69) is 33.4 Å². The van der Waals surface area contributed by atoms with Crippen LogP contribution in [0.25, 0.3) is 0 Å². The molecule has 2 atom stereocenters. The van der Waals surface area contributed by atoms with Gasteiger partial charge in [-0.05, 0) is 39.2 Å². The summed E-state index contributed by atoms with van der Waals surface area (Å²) >= 11 is 9.57. The molecule has 80 valence electrons. The largest absolute Gasteiger partial charge is 0.372 e. The Morgan fingerprint density at radius 3 is 3.13 bits per heavy atom. The van der Waals surface area contributed by atoms with Crippen LogP contribution in [0.3, 0.4) is 0 Å². The molecule has 1 aromatic rings. The Hall–Kier alpha value is -0.0900. The minimum atomic E-state index is 0.328. The Morgan fingerprint density at radius 1 is 1.40 bits per heavy atom. The molecule has 2 aliphatic heterocycles. The number of ether oxygens (including phenoxy) is 1. The number of halogens is 2. The second kappa shape index (κ2) is 3.74. The van der Waals surface area contributed by atoms with Crippen molar-refractivity contribution < 1.29 is 4.74 Å². The fraction of sp³-hybridized carbons (Fsp3) is 0.455. The van der Waals surface area contributed by atoms with Crippen molar-refractivity contribution in [2.24, 2.45) is 0 Å². The highest BCUT2D eigenvalue weighted by Crippen LogP contribution is 2.37. The standard InChI is InChI=1S/C11H11BrClNO/c12-9-1-6-5-15-11-4-14-3-8(11)7(6)2-10(9)13/h1-2,8,11,14H,3-5H2. The number of rotatable bonds is 0. The molecule has 2 unspecified atom stereocenters. The maximum Gasteiger partial charge on any atom is 0.0784 e. The van der Waals surface area contributed by atoms with E-state index in [0.29, 0.717) is 18.6 Å². The number of fused-ring (bicyclic) bond motifs is 3. The van der Waals surface area contributed by atoms with Crippen molar-refractivity contribution in [1.82, 2.24) is 5.32 Å². The minimum absolute atomic E-state index is 0.328. The van der Waals surface area contributed by atoms with Gasteiger partial charge in [0.2, 0.25) is 0 Å². The number of hydrogen-bond donors (Lipinski definition) is 1. The maximum atomic E-state index is 6.13. The second-order valence-corrected chi connectivity index (χ2v) is 5.34. The Labute approximate surface area is 102 Å². The molecule has 4 heteroatoms. The molecule has 3 rings (SSSR count). The van der Waals surface area contributed by atoms with E-state index in [4.69, 9.17) is 16.3 Å². The Morgan fingerprint density at radius 2 is 2.27 bits per heavy atom. The Bertz CT molecular complexity index is 410. The predicted molar refractivity (Wildman–Crippen MR) is 63.3 cm³/mol. The molecule has 2 heterocycles. The zero-order chi connectivity index (χ0) is 10.4. The summed E-state index contributed by atoms with van der Waals surface area (Å²) in [4.78, 5) is 0. The van der Waals surface area contributed by atoms with Gasteiger partial charge in [0.05, 0.1) is 17.7 Å². The van der Waals surface area contributed by atoms with Crippen molar-refractivity contribution in [3.63, 3.8) is 0 Å². The van der Waals surface area contributed by atoms with Crippen molar-refractivity contribution in [1.29, 1.82) is 0 Å². The molecular weight excluding hydrogens is 277 g/mol. The highest BCUT2D eigenvalue weighted by atomic mass is 79.9. The third kappa shape index (κ3) is 1.62. The van der Waals surface area contributed by atoms with Gasteiger partial charge in [-0.15, -0.1) is 0 Å². The minimum Gasteiger partial charge on any atom is -0.372 e. The molecule has 0 spiro atoms. The van der Waals surface area contributed by atoms with Crippen LogP contribution in [0.5, 0.6) is 0 Å². The zero-order valence-corrected chi connectivity index (χ0v) is 10.4. The van der Waals surface area contributed by atoms with Crippen LogP contribution in [0, 0.1) is 0 Å². The first-order chi connectivity index (χ1) is 7.25. The third-order valence-electron chi connectivity index (χ3n) is 3.19. The van der Waals surface area contributed by atoms with Crippen molar-refractivity contribution in [3.8, 4) is 0 Å². The maximum absolute atomic E-state index is 6.13. The van der Waals surface area contributed by atoms with Gasteiger partial charge in [-0.25, -0.2) is 0 Å². The van der Waals surface area contributed by atoms with Crippen molar-refractivity contribution in [3.05, 3.63) is 32.8 Å². The van der Waals surface area contributed by atoms with E-state index < -0.39 is 0 Å². The summed E-state index contributed by atoms with van der Waals surface area (Å²) < 4.78 is 6.75. The third-order valence-corrected chi connectivity index (χ3v) is 4.39. The SMILES string of the molecule is Clc1cc2c(cc1Br)COC1CNCC21. The van der Waals surface area contributed by atoms with Crippen LogP contribution < -0.4 is 5.32 Å². The molecule has 1 N–H and O–H groups in total. The highest BCUT2D eigenvalue weighted by molar-refractivity contribution is 9.10. The smallest absolute Gasteiger partial charge is 0.0784 e. The molecule has 0 saturated carbocycles. The van der Waals surface area contributed by atoms with Crippen LogP contribution in [-0.2, 0) is 11.3 Å². The number of benzene rings is 1. The van der Waals surface area contributed by atoms with Gasteiger partial charge in [0, 0.05) is 23.5 Å². The molecule has 1 aromatic carbocycles. The quantitative estimate of drug-likeness (QED) is 0.792. The van der Waals surface area contributed by atoms with Crippen molar-refractivity contribution >= 4 is 27.5 Å². The van der Waals surface area contributed by atoms with Crippen LogP contribution in [0.4, 0.5) is 0 Å². The van der Waals surface area contributed by atoms with E-state index in [1.165, 1.54) is 11.1 Å². The lowest BCUT2D eigenvalue weighted by Crippen LogP contribution is -2.26. The molecule has 2 nitrogen and oxygen atoms in total. The average molecular weight is 289 g/mol. The van der Waals surface area contributed by atoms with Crippen LogP contribution >= 0.6 is 27.5 Å². The van der Waals surface area contributed by atoms with E-state index in [1.54, 1.807) is 0 Å². The van der Waals surface area contributed by atoms with Gasteiger partial charge in [0.15, 0.2) is 0 Å². The lowest BCUT2D eigenvalue weighted by molar-refractivity contribution is 0.0299. The molecule has 1 saturated heterocycles. The Kier molecular flexibility index (Phi) is 2.51. The summed E-state index contributed by atoms with van der Waals surface area (Å²) in [5.41, 5.74) is 2.61. The van der Waals surface area contributed by atoms with E-state index in [1.807, 2.05) is 0 Å². The highest BCUT2D eigenvalue weighted by Gasteiger charge is 2.34. The molecule has 0 radical (unpaired) electrons. The van der Waals surface area contributed by atoms with Crippen LogP contribution in [0.15, 0.2) is 16.6 Å². The lowest BCUT2D eigenvalue weighted by atomic mass is 9.90. The van der Waals surface area contributed by atoms with E-state index in [0.717, 1.165) is 22.6 Å². The van der Waals surface area contributed by atoms with Gasteiger partial charge < -0.3 is 10.1 Å². The normalized spacial score (nSPS) is 28.7. The van der Waals surface area contributed by atoms with Crippen LogP contribution in [0.1, 0.15) is 17.0 Å². The van der Waals surface area contributed by atoms with Crippen LogP contribution in [0.2, 0.25) is 5.02 Å². The number of nitrogens with one attached hydrogen (secondary N) is 1. The molecule has 2 aliphatic rings. The van der Waals surface area contributed by atoms with E-state index in [9.17, 15) is 0 Å². The lowest BCUT2D eigenvalue weighted by Gasteiger charge is -2.28. The van der Waals surface area contributed by atoms with Gasteiger partial charge >= 0.3 is 0 Å². The fourth-order valence-electron chi connectivity index (χ4n) is 2.41. The second-order valence-electron chi connectivity index (χ2n) is 4.08. The molecule has 0 aliphatic carbocycles. The first-order valence-electron chi connectivity index (χ1n) is 5.06. The molecule has 0 aromatic heterocycles. The summed E-state index contributed by atoms with van der Waals surface area (Å²) in [7, 11) is 0. The molecule has 1 fully saturated rings. The van der Waals surface area contributed by atoms with Crippen molar-refractivity contribution in [2.75, 3.05) is 13.1 Å². The van der Waals surface area contributed by atoms with Crippen LogP contribution in [-0.4, -0.2) is 19.2 Å². The molecule has 0 amide bonds. The summed E-state index contributed by atoms with van der Waals surface area (Å²) in [6.07, 6.45) is 0.328. The number of hydrogen-bond acceptors (Lipinski definition) is 2. The topological polar surface area (TPSA) is 21.3 Å². The average Bonchev–Trinajstić information content (AvgIpc) is 2.68. The van der Waals surface area contributed by atoms with E-state index >= 15 is 0 Å². The first kappa shape index (κ1) is 10.1. The van der Waals surface area contributed by atoms with E-state index in [-0.39, 0.29) is 0 Å². The van der Waals surface area contributed by atoms with Gasteiger partial charge in [-0.3, -0.25) is 0 Å². The molecule has 15 heavy (non-hydrogen) atoms. The van der Waals surface area contributed by atoms with Gasteiger partial charge in [-0.1, -0.05) is 11.6 Å².